The van der Waals surface area contributed by atoms with E-state index in [1.54, 1.807) is 11.8 Å². The molecule has 1 saturated heterocycles. The Morgan fingerprint density at radius 2 is 1.97 bits per heavy atom. The molecule has 0 bridgehead atoms. The van der Waals surface area contributed by atoms with E-state index >= 15 is 0 Å². The predicted molar refractivity (Wildman–Crippen MR) is 133 cm³/mol. The summed E-state index contributed by atoms with van der Waals surface area (Å²) >= 11 is 1.33. The number of allylic oxidation sites excluding steroid dienone is 1. The van der Waals surface area contributed by atoms with Crippen LogP contribution in [0.2, 0.25) is 0 Å². The standard InChI is InChI=1S/C23H43N5O4S/c1-9-18-11-10-12-28(17(4)32-26-15(2)13-18)22(31)20(23(5,6)7)25-19(29)14-24-21(30)16(3)27-33-8/h9,15-17,20,26-27H,10-14H2,1-8H3,(H,24,30)(H,25,29)/b18-9-/t15?,16-,17?,20?/m1/s1. The van der Waals surface area contributed by atoms with E-state index in [2.05, 4.69) is 26.9 Å². The van der Waals surface area contributed by atoms with Gasteiger partial charge in [0, 0.05) is 12.6 Å². The summed E-state index contributed by atoms with van der Waals surface area (Å²) in [6.45, 7) is 13.7. The minimum absolute atomic E-state index is 0.124. The van der Waals surface area contributed by atoms with E-state index in [1.807, 2.05) is 47.8 Å². The lowest BCUT2D eigenvalue weighted by atomic mass is 9.85. The van der Waals surface area contributed by atoms with Crippen LogP contribution in [0.1, 0.15) is 67.7 Å². The van der Waals surface area contributed by atoms with Gasteiger partial charge in [-0.3, -0.25) is 23.9 Å². The van der Waals surface area contributed by atoms with Crippen LogP contribution >= 0.6 is 11.9 Å². The molecule has 4 atom stereocenters. The second kappa shape index (κ2) is 13.9. The highest BCUT2D eigenvalue weighted by Gasteiger charge is 2.37. The summed E-state index contributed by atoms with van der Waals surface area (Å²) in [7, 11) is 0. The fourth-order valence-corrected chi connectivity index (χ4v) is 4.06. The molecule has 1 aliphatic heterocycles. The van der Waals surface area contributed by atoms with Crippen molar-refractivity contribution in [3.63, 3.8) is 0 Å². The van der Waals surface area contributed by atoms with Crippen LogP contribution in [-0.4, -0.2) is 66.3 Å². The van der Waals surface area contributed by atoms with Gasteiger partial charge in [-0.2, -0.15) is 5.48 Å². The van der Waals surface area contributed by atoms with Crippen LogP contribution in [-0.2, 0) is 19.2 Å². The number of nitrogens with zero attached hydrogens (tertiary/aromatic N) is 1. The summed E-state index contributed by atoms with van der Waals surface area (Å²) in [6.07, 6.45) is 6.07. The maximum atomic E-state index is 13.6. The molecule has 0 spiro atoms. The number of hydrogen-bond donors (Lipinski definition) is 4. The van der Waals surface area contributed by atoms with Crippen molar-refractivity contribution < 1.29 is 19.2 Å². The van der Waals surface area contributed by atoms with Gasteiger partial charge in [0.25, 0.3) is 0 Å². The number of nitrogens with one attached hydrogen (secondary N) is 4. The molecule has 10 heteroatoms. The molecule has 0 aromatic carbocycles. The maximum absolute atomic E-state index is 13.6. The molecule has 1 rings (SSSR count). The van der Waals surface area contributed by atoms with Gasteiger partial charge >= 0.3 is 0 Å². The van der Waals surface area contributed by atoms with E-state index in [9.17, 15) is 14.4 Å². The van der Waals surface area contributed by atoms with Gasteiger partial charge in [0.15, 0.2) is 0 Å². The fourth-order valence-electron chi connectivity index (χ4n) is 3.60. The van der Waals surface area contributed by atoms with Crippen molar-refractivity contribution in [2.24, 2.45) is 5.41 Å². The zero-order valence-corrected chi connectivity index (χ0v) is 22.2. The minimum atomic E-state index is -0.767. The quantitative estimate of drug-likeness (QED) is 0.323. The van der Waals surface area contributed by atoms with E-state index < -0.39 is 29.6 Å². The van der Waals surface area contributed by atoms with Crippen molar-refractivity contribution in [1.82, 2.24) is 25.7 Å². The minimum Gasteiger partial charge on any atom is -0.346 e. The number of carbonyl (C=O) groups excluding carboxylic acids is 3. The lowest BCUT2D eigenvalue weighted by Gasteiger charge is -2.38. The molecule has 1 fully saturated rings. The monoisotopic (exact) mass is 485 g/mol. The zero-order valence-electron chi connectivity index (χ0n) is 21.4. The van der Waals surface area contributed by atoms with Gasteiger partial charge in [-0.05, 0) is 58.6 Å². The lowest BCUT2D eigenvalue weighted by Crippen LogP contribution is -2.59. The first kappa shape index (κ1) is 29.4. The molecule has 190 valence electrons. The molecule has 0 aliphatic carbocycles. The van der Waals surface area contributed by atoms with Gasteiger partial charge in [-0.1, -0.05) is 44.4 Å². The van der Waals surface area contributed by atoms with E-state index in [4.69, 9.17) is 4.84 Å². The third-order valence-electron chi connectivity index (χ3n) is 5.56. The molecule has 0 radical (unpaired) electrons. The fraction of sp³-hybridized carbons (Fsp3) is 0.783. The molecular formula is C23H43N5O4S. The van der Waals surface area contributed by atoms with Crippen molar-refractivity contribution in [3.05, 3.63) is 11.6 Å². The number of rotatable bonds is 7. The average Bonchev–Trinajstić information content (AvgIpc) is 2.74. The van der Waals surface area contributed by atoms with Crippen LogP contribution in [0.15, 0.2) is 11.6 Å². The highest BCUT2D eigenvalue weighted by molar-refractivity contribution is 7.96. The Labute approximate surface area is 203 Å². The van der Waals surface area contributed by atoms with Crippen molar-refractivity contribution in [1.29, 1.82) is 0 Å². The largest absolute Gasteiger partial charge is 0.346 e. The Bertz CT molecular complexity index is 695. The topological polar surface area (TPSA) is 112 Å². The van der Waals surface area contributed by atoms with Gasteiger partial charge in [0.2, 0.25) is 17.7 Å². The number of hydrogen-bond acceptors (Lipinski definition) is 7. The smallest absolute Gasteiger partial charge is 0.247 e. The summed E-state index contributed by atoms with van der Waals surface area (Å²) in [5.74, 6) is -0.897. The van der Waals surface area contributed by atoms with E-state index in [-0.39, 0.29) is 24.4 Å². The molecule has 33 heavy (non-hydrogen) atoms. The number of hydroxylamine groups is 1. The van der Waals surface area contributed by atoms with E-state index in [0.717, 1.165) is 19.3 Å². The number of carbonyl (C=O) groups is 3. The van der Waals surface area contributed by atoms with Gasteiger partial charge in [0.05, 0.1) is 12.6 Å². The van der Waals surface area contributed by atoms with Crippen LogP contribution in [0.25, 0.3) is 0 Å². The molecule has 3 unspecified atom stereocenters. The normalized spacial score (nSPS) is 23.5. The highest BCUT2D eigenvalue weighted by atomic mass is 32.2. The van der Waals surface area contributed by atoms with Gasteiger partial charge < -0.3 is 15.5 Å². The van der Waals surface area contributed by atoms with Crippen molar-refractivity contribution in [2.75, 3.05) is 19.3 Å². The first-order valence-electron chi connectivity index (χ1n) is 11.6. The Hall–Kier alpha value is -1.62. The first-order valence-corrected chi connectivity index (χ1v) is 12.8. The van der Waals surface area contributed by atoms with Crippen LogP contribution < -0.4 is 20.8 Å². The molecule has 1 aliphatic rings. The summed E-state index contributed by atoms with van der Waals surface area (Å²) in [4.78, 5) is 45.8. The van der Waals surface area contributed by atoms with Gasteiger partial charge in [-0.15, -0.1) is 0 Å². The molecule has 0 aromatic heterocycles. The van der Waals surface area contributed by atoms with Crippen molar-refractivity contribution in [2.45, 2.75) is 92.1 Å². The van der Waals surface area contributed by atoms with Crippen LogP contribution in [0.5, 0.6) is 0 Å². The van der Waals surface area contributed by atoms with Gasteiger partial charge in [-0.25, -0.2) is 0 Å². The van der Waals surface area contributed by atoms with Crippen LogP contribution in [0.3, 0.4) is 0 Å². The predicted octanol–water partition coefficient (Wildman–Crippen LogP) is 2.10. The molecule has 4 N–H and O–H groups in total. The highest BCUT2D eigenvalue weighted by Crippen LogP contribution is 2.23. The van der Waals surface area contributed by atoms with E-state index in [1.165, 1.54) is 17.5 Å². The zero-order chi connectivity index (χ0) is 25.2. The molecule has 0 saturated carbocycles. The van der Waals surface area contributed by atoms with Crippen molar-refractivity contribution >= 4 is 29.7 Å². The third kappa shape index (κ3) is 10.0. The average molecular weight is 486 g/mol. The lowest BCUT2D eigenvalue weighted by molar-refractivity contribution is -0.161. The van der Waals surface area contributed by atoms with Crippen LogP contribution in [0, 0.1) is 5.41 Å². The Kier molecular flexibility index (Phi) is 12.4. The summed E-state index contributed by atoms with van der Waals surface area (Å²) < 4.78 is 2.92. The molecule has 1 heterocycles. The molecular weight excluding hydrogens is 442 g/mol. The Morgan fingerprint density at radius 1 is 1.30 bits per heavy atom. The number of amides is 3. The molecule has 9 nitrogen and oxygen atoms in total. The molecule has 3 amide bonds. The van der Waals surface area contributed by atoms with Crippen molar-refractivity contribution in [3.8, 4) is 0 Å². The Morgan fingerprint density at radius 3 is 2.55 bits per heavy atom. The van der Waals surface area contributed by atoms with Gasteiger partial charge in [0.1, 0.15) is 12.3 Å². The Balaban J connectivity index is 2.91. The third-order valence-corrected chi connectivity index (χ3v) is 6.15. The second-order valence-electron chi connectivity index (χ2n) is 9.65. The van der Waals surface area contributed by atoms with Crippen LogP contribution in [0.4, 0.5) is 0 Å². The summed E-state index contributed by atoms with van der Waals surface area (Å²) in [5.41, 5.74) is 3.83. The second-order valence-corrected chi connectivity index (χ2v) is 10.3. The summed E-state index contributed by atoms with van der Waals surface area (Å²) in [5, 5.41) is 5.44. The first-order chi connectivity index (χ1) is 15.4. The molecule has 0 aromatic rings. The SMILES string of the molecule is C/C=C1/CCCN(C(=O)C(NC(=O)CNC(=O)[C@@H](C)NSC)C(C)(C)C)C(C)ONC(C)C1. The maximum Gasteiger partial charge on any atom is 0.247 e. The summed E-state index contributed by atoms with van der Waals surface area (Å²) in [6, 6.07) is -1.08. The van der Waals surface area contributed by atoms with E-state index in [0.29, 0.717) is 6.54 Å².